The van der Waals surface area contributed by atoms with Gasteiger partial charge in [0.15, 0.2) is 0 Å². The predicted molar refractivity (Wildman–Crippen MR) is 229 cm³/mol. The maximum atomic E-state index is 2.47. The lowest BCUT2D eigenvalue weighted by Crippen LogP contribution is -2.13. The van der Waals surface area contributed by atoms with Gasteiger partial charge in [0, 0.05) is 39.0 Å². The average molecular weight is 689 g/mol. The second-order valence-corrected chi connectivity index (χ2v) is 13.7. The fraction of sp³-hybridized carbons (Fsp3) is 0. The number of aromatic nitrogens is 1. The van der Waals surface area contributed by atoms with Gasteiger partial charge in [-0.25, -0.2) is 0 Å². The van der Waals surface area contributed by atoms with Crippen LogP contribution >= 0.6 is 0 Å². The normalized spacial score (nSPS) is 11.3. The number of benzene rings is 9. The summed E-state index contributed by atoms with van der Waals surface area (Å²) >= 11 is 0. The molecule has 2 heteroatoms. The van der Waals surface area contributed by atoms with Crippen molar-refractivity contribution < 1.29 is 0 Å². The van der Waals surface area contributed by atoms with Crippen LogP contribution in [0.1, 0.15) is 0 Å². The molecule has 10 aromatic rings. The van der Waals surface area contributed by atoms with E-state index in [0.29, 0.717) is 0 Å². The number of fused-ring (bicyclic) bond motifs is 4. The first-order valence-corrected chi connectivity index (χ1v) is 18.5. The number of nitrogens with zero attached hydrogens (tertiary/aromatic N) is 2. The van der Waals surface area contributed by atoms with Crippen LogP contribution in [0.4, 0.5) is 17.1 Å². The highest BCUT2D eigenvalue weighted by Gasteiger charge is 2.24. The lowest BCUT2D eigenvalue weighted by molar-refractivity contribution is 1.18. The topological polar surface area (TPSA) is 8.17 Å². The number of rotatable bonds is 7. The Bertz CT molecular complexity index is 2900. The Balaban J connectivity index is 1.29. The molecule has 0 aliphatic heterocycles. The van der Waals surface area contributed by atoms with Crippen LogP contribution in [-0.4, -0.2) is 4.57 Å². The third-order valence-electron chi connectivity index (χ3n) is 10.6. The van der Waals surface area contributed by atoms with E-state index in [9.17, 15) is 0 Å². The van der Waals surface area contributed by atoms with Crippen molar-refractivity contribution in [1.29, 1.82) is 0 Å². The minimum absolute atomic E-state index is 1.08. The molecule has 1 heterocycles. The highest BCUT2D eigenvalue weighted by molar-refractivity contribution is 6.11. The highest BCUT2D eigenvalue weighted by Crippen LogP contribution is 2.49. The molecule has 0 saturated carbocycles. The van der Waals surface area contributed by atoms with Gasteiger partial charge in [0.1, 0.15) is 0 Å². The number of anilines is 3. The third kappa shape index (κ3) is 5.44. The van der Waals surface area contributed by atoms with Crippen molar-refractivity contribution in [3.63, 3.8) is 0 Å². The van der Waals surface area contributed by atoms with Crippen LogP contribution in [0, 0.1) is 0 Å². The molecule has 10 rings (SSSR count). The Morgan fingerprint density at radius 2 is 0.852 bits per heavy atom. The van der Waals surface area contributed by atoms with E-state index in [2.05, 4.69) is 228 Å². The standard InChI is InChI=1S/C52H36N2/c1-4-16-37(17-5-1)38-30-32-42(33-31-38)53(43-34-35-48-47-25-12-13-29-50(47)54(51(48)36-43)41-22-8-3-9-23-41)52-45(40-18-6-2-7-19-40)26-15-28-49(52)46-27-14-21-39-20-10-11-24-44(39)46/h1-36H. The summed E-state index contributed by atoms with van der Waals surface area (Å²) in [5, 5.41) is 4.91. The van der Waals surface area contributed by atoms with Crippen LogP contribution in [-0.2, 0) is 0 Å². The lowest BCUT2D eigenvalue weighted by atomic mass is 9.91. The summed E-state index contributed by atoms with van der Waals surface area (Å²) in [5.74, 6) is 0. The van der Waals surface area contributed by atoms with E-state index >= 15 is 0 Å². The summed E-state index contributed by atoms with van der Waals surface area (Å²) in [4.78, 5) is 2.47. The van der Waals surface area contributed by atoms with E-state index in [1.54, 1.807) is 0 Å². The van der Waals surface area contributed by atoms with Crippen molar-refractivity contribution in [1.82, 2.24) is 4.57 Å². The fourth-order valence-electron chi connectivity index (χ4n) is 8.11. The van der Waals surface area contributed by atoms with E-state index in [-0.39, 0.29) is 0 Å². The van der Waals surface area contributed by atoms with Gasteiger partial charge in [-0.05, 0) is 75.5 Å². The molecule has 0 unspecified atom stereocenters. The SMILES string of the molecule is c1ccc(-c2ccc(N(c3ccc4c5ccccc5n(-c5ccccc5)c4c3)c3c(-c4ccccc4)cccc3-c3cccc4ccccc34)cc2)cc1. The fourth-order valence-corrected chi connectivity index (χ4v) is 8.11. The van der Waals surface area contributed by atoms with Crippen molar-refractivity contribution in [3.8, 4) is 39.1 Å². The smallest absolute Gasteiger partial charge is 0.0618 e. The minimum atomic E-state index is 1.08. The van der Waals surface area contributed by atoms with Crippen LogP contribution in [0.25, 0.3) is 71.6 Å². The Kier molecular flexibility index (Phi) is 7.85. The summed E-state index contributed by atoms with van der Waals surface area (Å²) in [6, 6.07) is 79.0. The quantitative estimate of drug-likeness (QED) is 0.162. The Morgan fingerprint density at radius 1 is 0.315 bits per heavy atom. The number of para-hydroxylation sites is 3. The van der Waals surface area contributed by atoms with E-state index in [1.807, 2.05) is 0 Å². The summed E-state index contributed by atoms with van der Waals surface area (Å²) in [7, 11) is 0. The molecule has 0 aliphatic carbocycles. The molecule has 0 radical (unpaired) electrons. The van der Waals surface area contributed by atoms with Crippen molar-refractivity contribution in [2.75, 3.05) is 4.90 Å². The molecule has 0 atom stereocenters. The molecule has 0 N–H and O–H groups in total. The van der Waals surface area contributed by atoms with Gasteiger partial charge in [-0.2, -0.15) is 0 Å². The van der Waals surface area contributed by atoms with Gasteiger partial charge in [0.25, 0.3) is 0 Å². The molecule has 2 nitrogen and oxygen atoms in total. The third-order valence-corrected chi connectivity index (χ3v) is 10.6. The van der Waals surface area contributed by atoms with E-state index < -0.39 is 0 Å². The molecular weight excluding hydrogens is 653 g/mol. The summed E-state index contributed by atoms with van der Waals surface area (Å²) in [5.41, 5.74) is 13.9. The monoisotopic (exact) mass is 688 g/mol. The van der Waals surface area contributed by atoms with Crippen LogP contribution in [0.3, 0.4) is 0 Å². The number of hydrogen-bond donors (Lipinski definition) is 0. The molecule has 54 heavy (non-hydrogen) atoms. The Hall–Kier alpha value is -7.16. The maximum Gasteiger partial charge on any atom is 0.0618 e. The molecule has 254 valence electrons. The van der Waals surface area contributed by atoms with Crippen molar-refractivity contribution >= 4 is 49.6 Å². The van der Waals surface area contributed by atoms with Crippen LogP contribution in [0.15, 0.2) is 218 Å². The molecule has 0 amide bonds. The van der Waals surface area contributed by atoms with E-state index in [0.717, 1.165) is 33.8 Å². The zero-order valence-electron chi connectivity index (χ0n) is 29.7. The number of hydrogen-bond acceptors (Lipinski definition) is 1. The maximum absolute atomic E-state index is 2.47. The van der Waals surface area contributed by atoms with Crippen LogP contribution < -0.4 is 4.90 Å². The molecule has 9 aromatic carbocycles. The zero-order valence-corrected chi connectivity index (χ0v) is 29.7. The van der Waals surface area contributed by atoms with Gasteiger partial charge in [0.05, 0.1) is 16.7 Å². The minimum Gasteiger partial charge on any atom is -0.309 e. The molecule has 0 spiro atoms. The molecule has 1 aromatic heterocycles. The van der Waals surface area contributed by atoms with E-state index in [1.165, 1.54) is 54.9 Å². The molecular formula is C52H36N2. The molecule has 0 bridgehead atoms. The van der Waals surface area contributed by atoms with E-state index in [4.69, 9.17) is 0 Å². The van der Waals surface area contributed by atoms with Crippen molar-refractivity contribution in [2.45, 2.75) is 0 Å². The van der Waals surface area contributed by atoms with Crippen LogP contribution in [0.5, 0.6) is 0 Å². The first-order valence-electron chi connectivity index (χ1n) is 18.5. The van der Waals surface area contributed by atoms with Gasteiger partial charge in [-0.15, -0.1) is 0 Å². The average Bonchev–Trinajstić information content (AvgIpc) is 3.58. The summed E-state index contributed by atoms with van der Waals surface area (Å²) < 4.78 is 2.40. The van der Waals surface area contributed by atoms with Crippen molar-refractivity contribution in [3.05, 3.63) is 218 Å². The summed E-state index contributed by atoms with van der Waals surface area (Å²) in [6.45, 7) is 0. The largest absolute Gasteiger partial charge is 0.309 e. The van der Waals surface area contributed by atoms with Gasteiger partial charge >= 0.3 is 0 Å². The molecule has 0 aliphatic rings. The Morgan fingerprint density at radius 3 is 1.63 bits per heavy atom. The zero-order chi connectivity index (χ0) is 35.8. The van der Waals surface area contributed by atoms with Crippen LogP contribution in [0.2, 0.25) is 0 Å². The second kappa shape index (κ2) is 13.4. The predicted octanol–water partition coefficient (Wildman–Crippen LogP) is 14.4. The van der Waals surface area contributed by atoms with Gasteiger partial charge in [-0.1, -0.05) is 176 Å². The van der Waals surface area contributed by atoms with Crippen molar-refractivity contribution in [2.24, 2.45) is 0 Å². The van der Waals surface area contributed by atoms with Gasteiger partial charge in [-0.3, -0.25) is 0 Å². The Labute approximate surface area is 315 Å². The van der Waals surface area contributed by atoms with Gasteiger partial charge in [0.2, 0.25) is 0 Å². The molecule has 0 saturated heterocycles. The molecule has 0 fully saturated rings. The second-order valence-electron chi connectivity index (χ2n) is 13.7. The summed E-state index contributed by atoms with van der Waals surface area (Å²) in [6.07, 6.45) is 0. The first kappa shape index (κ1) is 31.6. The van der Waals surface area contributed by atoms with Gasteiger partial charge < -0.3 is 9.47 Å². The first-order chi connectivity index (χ1) is 26.8. The lowest BCUT2D eigenvalue weighted by Gasteiger charge is -2.31. The highest BCUT2D eigenvalue weighted by atomic mass is 15.1.